The summed E-state index contributed by atoms with van der Waals surface area (Å²) in [6.07, 6.45) is 3.01. The van der Waals surface area contributed by atoms with Gasteiger partial charge >= 0.3 is 0 Å². The summed E-state index contributed by atoms with van der Waals surface area (Å²) in [6.45, 7) is 0.833. The van der Waals surface area contributed by atoms with E-state index in [4.69, 9.17) is 0 Å². The number of aromatic nitrogens is 1. The number of anilines is 1. The van der Waals surface area contributed by atoms with Crippen molar-refractivity contribution in [3.63, 3.8) is 0 Å². The minimum atomic E-state index is -0.0207. The smallest absolute Gasteiger partial charge is 0.179 e. The number of fused-ring (bicyclic) bond motifs is 3. The van der Waals surface area contributed by atoms with Crippen LogP contribution in [-0.4, -0.2) is 27.8 Å². The van der Waals surface area contributed by atoms with Gasteiger partial charge in [0, 0.05) is 59.8 Å². The number of Topliss-reactive ketones (excluding diaryl/α,β-unsaturated/α-hetero) is 2. The maximum absolute atomic E-state index is 13.5. The number of hydrogen-bond acceptors (Lipinski definition) is 4. The third-order valence-corrected chi connectivity index (χ3v) is 6.42. The molecule has 5 rings (SSSR count). The van der Waals surface area contributed by atoms with Crippen LogP contribution in [0.1, 0.15) is 36.9 Å². The lowest BCUT2D eigenvalue weighted by Crippen LogP contribution is -2.20. The first-order valence-electron chi connectivity index (χ1n) is 11.0. The van der Waals surface area contributed by atoms with Crippen LogP contribution in [0.25, 0.3) is 16.5 Å². The Balaban J connectivity index is 1.78. The average Bonchev–Trinajstić information content (AvgIpc) is 3.34. The molecule has 1 aromatic heterocycles. The minimum Gasteiger partial charge on any atom is -0.396 e. The quantitative estimate of drug-likeness (QED) is 0.666. The molecule has 2 N–H and O–H groups in total. The van der Waals surface area contributed by atoms with Crippen LogP contribution in [0.3, 0.4) is 0 Å². The molecule has 1 aliphatic heterocycles. The van der Waals surface area contributed by atoms with Gasteiger partial charge < -0.3 is 15.0 Å². The van der Waals surface area contributed by atoms with E-state index < -0.39 is 0 Å². The van der Waals surface area contributed by atoms with Crippen molar-refractivity contribution in [3.05, 3.63) is 71.6 Å². The number of nitrogens with one attached hydrogen (secondary N) is 1. The summed E-state index contributed by atoms with van der Waals surface area (Å²) >= 11 is 0. The third kappa shape index (κ3) is 3.49. The standard InChI is InChI=1S/C26H26N2O3/c29-16-17-14-21-24(19-10-4-5-11-20(19)28(21)15-17)25-22(30)12-6-7-13-23(31)26(25)27-18-8-2-1-3-9-18/h1-5,8-11,17,27,29H,6-7,12-16H2/b26-25-. The first-order chi connectivity index (χ1) is 15.2. The third-order valence-electron chi connectivity index (χ3n) is 6.42. The van der Waals surface area contributed by atoms with Crippen LogP contribution in [0, 0.1) is 5.92 Å². The maximum atomic E-state index is 13.5. The van der Waals surface area contributed by atoms with Gasteiger partial charge in [0.05, 0.1) is 11.3 Å². The first-order valence-corrected chi connectivity index (χ1v) is 11.0. The van der Waals surface area contributed by atoms with Gasteiger partial charge in [-0.05, 0) is 37.5 Å². The molecule has 0 fully saturated rings. The van der Waals surface area contributed by atoms with Crippen molar-refractivity contribution in [2.24, 2.45) is 5.92 Å². The Morgan fingerprint density at radius 1 is 0.935 bits per heavy atom. The Morgan fingerprint density at radius 3 is 2.42 bits per heavy atom. The number of nitrogens with zero attached hydrogens (tertiary/aromatic N) is 1. The highest BCUT2D eigenvalue weighted by molar-refractivity contribution is 6.30. The predicted octanol–water partition coefficient (Wildman–Crippen LogP) is 4.34. The molecular formula is C26H26N2O3. The van der Waals surface area contributed by atoms with E-state index in [0.29, 0.717) is 30.5 Å². The molecular weight excluding hydrogens is 388 g/mol. The molecule has 0 spiro atoms. The van der Waals surface area contributed by atoms with E-state index in [0.717, 1.165) is 47.2 Å². The van der Waals surface area contributed by atoms with E-state index in [-0.39, 0.29) is 24.1 Å². The summed E-state index contributed by atoms with van der Waals surface area (Å²) in [4.78, 5) is 26.8. The Morgan fingerprint density at radius 2 is 1.65 bits per heavy atom. The second-order valence-corrected chi connectivity index (χ2v) is 8.50. The van der Waals surface area contributed by atoms with Crippen molar-refractivity contribution >= 4 is 33.7 Å². The lowest BCUT2D eigenvalue weighted by atomic mass is 9.88. The average molecular weight is 415 g/mol. The van der Waals surface area contributed by atoms with Gasteiger partial charge in [-0.15, -0.1) is 0 Å². The molecule has 2 heterocycles. The summed E-state index contributed by atoms with van der Waals surface area (Å²) in [5.41, 5.74) is 4.68. The fourth-order valence-electron chi connectivity index (χ4n) is 4.94. The number of hydrogen-bond donors (Lipinski definition) is 2. The number of carbonyl (C=O) groups is 2. The number of benzene rings is 2. The van der Waals surface area contributed by atoms with Crippen LogP contribution < -0.4 is 5.32 Å². The van der Waals surface area contributed by atoms with Crippen LogP contribution in [0.2, 0.25) is 0 Å². The fraction of sp³-hybridized carbons (Fsp3) is 0.308. The fourth-order valence-corrected chi connectivity index (χ4v) is 4.94. The normalized spacial score (nSPS) is 21.8. The van der Waals surface area contributed by atoms with E-state index in [1.165, 1.54) is 0 Å². The van der Waals surface area contributed by atoms with Crippen LogP contribution in [0.4, 0.5) is 5.69 Å². The van der Waals surface area contributed by atoms with Gasteiger partial charge in [0.15, 0.2) is 11.6 Å². The molecule has 2 aliphatic rings. The van der Waals surface area contributed by atoms with Crippen LogP contribution in [0.15, 0.2) is 60.3 Å². The van der Waals surface area contributed by atoms with Gasteiger partial charge in [0.1, 0.15) is 0 Å². The van der Waals surface area contributed by atoms with Crippen LogP contribution in [-0.2, 0) is 22.6 Å². The monoisotopic (exact) mass is 414 g/mol. The van der Waals surface area contributed by atoms with E-state index in [1.54, 1.807) is 0 Å². The predicted molar refractivity (Wildman–Crippen MR) is 122 cm³/mol. The number of para-hydroxylation sites is 2. The molecule has 158 valence electrons. The molecule has 5 heteroatoms. The van der Waals surface area contributed by atoms with Gasteiger partial charge in [-0.3, -0.25) is 9.59 Å². The molecule has 0 bridgehead atoms. The van der Waals surface area contributed by atoms with Crippen molar-refractivity contribution in [1.29, 1.82) is 0 Å². The lowest BCUT2D eigenvalue weighted by Gasteiger charge is -2.19. The Hall–Kier alpha value is -3.18. The molecule has 0 saturated carbocycles. The number of allylic oxidation sites excluding steroid dienone is 2. The van der Waals surface area contributed by atoms with E-state index in [2.05, 4.69) is 16.0 Å². The maximum Gasteiger partial charge on any atom is 0.179 e. The van der Waals surface area contributed by atoms with Crippen LogP contribution in [0.5, 0.6) is 0 Å². The molecule has 0 amide bonds. The molecule has 3 aromatic rings. The van der Waals surface area contributed by atoms with Gasteiger partial charge in [0.2, 0.25) is 0 Å². The lowest BCUT2D eigenvalue weighted by molar-refractivity contribution is -0.117. The summed E-state index contributed by atoms with van der Waals surface area (Å²) in [6, 6.07) is 17.6. The van der Waals surface area contributed by atoms with Crippen molar-refractivity contribution in [1.82, 2.24) is 4.57 Å². The molecule has 0 radical (unpaired) electrons. The molecule has 1 unspecified atom stereocenters. The SMILES string of the molecule is O=C1CCCCC(=O)/C(c2c3n(c4ccccc24)CC(CO)C3)=C\1Nc1ccccc1. The molecule has 31 heavy (non-hydrogen) atoms. The van der Waals surface area contributed by atoms with Crippen molar-refractivity contribution in [2.45, 2.75) is 38.6 Å². The number of rotatable bonds is 4. The molecule has 1 aliphatic carbocycles. The largest absolute Gasteiger partial charge is 0.396 e. The second kappa shape index (κ2) is 8.16. The highest BCUT2D eigenvalue weighted by Gasteiger charge is 2.33. The van der Waals surface area contributed by atoms with Crippen LogP contribution >= 0.6 is 0 Å². The van der Waals surface area contributed by atoms with Gasteiger partial charge in [-0.1, -0.05) is 36.4 Å². The molecule has 5 nitrogen and oxygen atoms in total. The minimum absolute atomic E-state index is 0.0121. The zero-order chi connectivity index (χ0) is 21.4. The number of ketones is 2. The molecule has 2 aromatic carbocycles. The summed E-state index contributed by atoms with van der Waals surface area (Å²) < 4.78 is 2.22. The van der Waals surface area contributed by atoms with E-state index >= 15 is 0 Å². The summed E-state index contributed by atoms with van der Waals surface area (Å²) in [7, 11) is 0. The van der Waals surface area contributed by atoms with Crippen molar-refractivity contribution in [3.8, 4) is 0 Å². The van der Waals surface area contributed by atoms with Gasteiger partial charge in [-0.2, -0.15) is 0 Å². The number of aliphatic hydroxyl groups is 1. The Bertz CT molecular complexity index is 1190. The molecule has 1 atom stereocenters. The number of carbonyl (C=O) groups excluding carboxylic acids is 2. The highest BCUT2D eigenvalue weighted by Crippen LogP contribution is 2.40. The van der Waals surface area contributed by atoms with Gasteiger partial charge in [0.25, 0.3) is 0 Å². The Kier molecular flexibility index (Phi) is 5.20. The van der Waals surface area contributed by atoms with E-state index in [9.17, 15) is 14.7 Å². The zero-order valence-electron chi connectivity index (χ0n) is 17.4. The first kappa shape index (κ1) is 19.8. The topological polar surface area (TPSA) is 71.3 Å². The Labute approximate surface area is 181 Å². The van der Waals surface area contributed by atoms with E-state index in [1.807, 2.05) is 48.5 Å². The zero-order valence-corrected chi connectivity index (χ0v) is 17.4. The second-order valence-electron chi connectivity index (χ2n) is 8.50. The van der Waals surface area contributed by atoms with Crippen molar-refractivity contribution in [2.75, 3.05) is 11.9 Å². The summed E-state index contributed by atoms with van der Waals surface area (Å²) in [5, 5.41) is 14.1. The van der Waals surface area contributed by atoms with Crippen molar-refractivity contribution < 1.29 is 14.7 Å². The number of aliphatic hydroxyl groups excluding tert-OH is 1. The highest BCUT2D eigenvalue weighted by atomic mass is 16.3. The molecule has 0 saturated heterocycles. The van der Waals surface area contributed by atoms with Gasteiger partial charge in [-0.25, -0.2) is 0 Å². The summed E-state index contributed by atoms with van der Waals surface area (Å²) in [5.74, 6) is 0.120.